The highest BCUT2D eigenvalue weighted by molar-refractivity contribution is 5.91. The first-order valence-electron chi connectivity index (χ1n) is 10.3. The van der Waals surface area contributed by atoms with Crippen LogP contribution < -0.4 is 5.32 Å². The van der Waals surface area contributed by atoms with Crippen LogP contribution in [0, 0.1) is 0 Å². The largest absolute Gasteiger partial charge is 0.459 e. The van der Waals surface area contributed by atoms with Gasteiger partial charge in [0.05, 0.1) is 32.1 Å². The van der Waals surface area contributed by atoms with Gasteiger partial charge in [0.1, 0.15) is 0 Å². The van der Waals surface area contributed by atoms with Gasteiger partial charge in [0.2, 0.25) is 0 Å². The van der Waals surface area contributed by atoms with Crippen molar-refractivity contribution in [1.29, 1.82) is 0 Å². The third kappa shape index (κ3) is 6.33. The molecular weight excluding hydrogens is 384 g/mol. The van der Waals surface area contributed by atoms with Gasteiger partial charge in [-0.2, -0.15) is 0 Å². The fourth-order valence-electron chi connectivity index (χ4n) is 3.23. The average Bonchev–Trinajstić information content (AvgIpc) is 3.32. The third-order valence-corrected chi connectivity index (χ3v) is 4.81. The second-order valence-electron chi connectivity index (χ2n) is 7.11. The topological polar surface area (TPSA) is 90.5 Å². The van der Waals surface area contributed by atoms with Gasteiger partial charge >= 0.3 is 0 Å². The summed E-state index contributed by atoms with van der Waals surface area (Å²) in [5.74, 6) is 1.01. The lowest BCUT2D eigenvalue weighted by atomic mass is 10.2. The molecule has 1 aliphatic heterocycles. The number of carbonyl (C=O) groups is 1. The molecule has 30 heavy (non-hydrogen) atoms. The van der Waals surface area contributed by atoms with E-state index < -0.39 is 6.10 Å². The van der Waals surface area contributed by atoms with Crippen molar-refractivity contribution in [3.63, 3.8) is 0 Å². The first-order valence-corrected chi connectivity index (χ1v) is 10.3. The Morgan fingerprint density at radius 1 is 1.17 bits per heavy atom. The SMILES string of the molecule is CCNC(=NCC(O)COCc1ccccc1)N1CCN(C(=O)c2ccco2)CC1. The first-order chi connectivity index (χ1) is 14.7. The van der Waals surface area contributed by atoms with Gasteiger partial charge in [-0.3, -0.25) is 9.79 Å². The number of aliphatic imine (C=N–C) groups is 1. The molecule has 8 heteroatoms. The maximum Gasteiger partial charge on any atom is 0.289 e. The minimum absolute atomic E-state index is 0.0902. The molecule has 0 aliphatic carbocycles. The molecule has 1 atom stereocenters. The number of benzene rings is 1. The second kappa shape index (κ2) is 11.4. The van der Waals surface area contributed by atoms with Gasteiger partial charge in [-0.1, -0.05) is 30.3 Å². The van der Waals surface area contributed by atoms with Crippen molar-refractivity contribution in [3.8, 4) is 0 Å². The number of furan rings is 1. The Balaban J connectivity index is 1.45. The Labute approximate surface area is 177 Å². The highest BCUT2D eigenvalue weighted by atomic mass is 16.5. The molecule has 162 valence electrons. The highest BCUT2D eigenvalue weighted by Crippen LogP contribution is 2.10. The minimum Gasteiger partial charge on any atom is -0.459 e. The summed E-state index contributed by atoms with van der Waals surface area (Å²) in [5, 5.41) is 13.5. The Morgan fingerprint density at radius 3 is 2.57 bits per heavy atom. The molecule has 8 nitrogen and oxygen atoms in total. The van der Waals surface area contributed by atoms with Crippen LogP contribution in [0.1, 0.15) is 23.0 Å². The summed E-state index contributed by atoms with van der Waals surface area (Å²) in [7, 11) is 0. The number of guanidine groups is 1. The molecule has 1 unspecified atom stereocenters. The molecule has 1 aromatic heterocycles. The quantitative estimate of drug-likeness (QED) is 0.504. The van der Waals surface area contributed by atoms with Gasteiger partial charge < -0.3 is 29.4 Å². The normalized spacial score (nSPS) is 15.9. The summed E-state index contributed by atoms with van der Waals surface area (Å²) < 4.78 is 10.8. The van der Waals surface area contributed by atoms with Crippen LogP contribution in [0.15, 0.2) is 58.1 Å². The Bertz CT molecular complexity index is 787. The number of carbonyl (C=O) groups excluding carboxylic acids is 1. The number of hydrogen-bond donors (Lipinski definition) is 2. The number of piperazine rings is 1. The number of aliphatic hydroxyl groups is 1. The molecule has 0 spiro atoms. The van der Waals surface area contributed by atoms with Gasteiger partial charge in [0, 0.05) is 32.7 Å². The standard InChI is InChI=1S/C22H30N4O4/c1-2-23-22(24-15-19(27)17-29-16-18-7-4-3-5-8-18)26-12-10-25(11-13-26)21(28)20-9-6-14-30-20/h3-9,14,19,27H,2,10-13,15-17H2,1H3,(H,23,24). The van der Waals surface area contributed by atoms with E-state index in [1.54, 1.807) is 17.0 Å². The van der Waals surface area contributed by atoms with Crippen LogP contribution in [0.2, 0.25) is 0 Å². The third-order valence-electron chi connectivity index (χ3n) is 4.81. The number of hydrogen-bond acceptors (Lipinski definition) is 5. The van der Waals surface area contributed by atoms with Crippen molar-refractivity contribution in [3.05, 3.63) is 60.1 Å². The zero-order valence-electron chi connectivity index (χ0n) is 17.4. The van der Waals surface area contributed by atoms with E-state index in [0.29, 0.717) is 38.5 Å². The van der Waals surface area contributed by atoms with Crippen LogP contribution >= 0.6 is 0 Å². The van der Waals surface area contributed by atoms with E-state index in [0.717, 1.165) is 18.1 Å². The lowest BCUT2D eigenvalue weighted by Crippen LogP contribution is -2.54. The molecule has 2 N–H and O–H groups in total. The maximum atomic E-state index is 12.4. The van der Waals surface area contributed by atoms with Crippen molar-refractivity contribution in [2.24, 2.45) is 4.99 Å². The van der Waals surface area contributed by atoms with Crippen LogP contribution in [0.5, 0.6) is 0 Å². The van der Waals surface area contributed by atoms with Crippen LogP contribution in [-0.2, 0) is 11.3 Å². The zero-order valence-corrected chi connectivity index (χ0v) is 17.4. The Hall–Kier alpha value is -2.84. The molecule has 2 aromatic rings. The van der Waals surface area contributed by atoms with Gasteiger partial charge in [-0.25, -0.2) is 0 Å². The van der Waals surface area contributed by atoms with E-state index in [1.165, 1.54) is 6.26 Å². The summed E-state index contributed by atoms with van der Waals surface area (Å²) in [4.78, 5) is 20.9. The van der Waals surface area contributed by atoms with Crippen molar-refractivity contribution < 1.29 is 19.1 Å². The maximum absolute atomic E-state index is 12.4. The number of amides is 1. The fourth-order valence-corrected chi connectivity index (χ4v) is 3.23. The minimum atomic E-state index is -0.677. The number of rotatable bonds is 8. The summed E-state index contributed by atoms with van der Waals surface area (Å²) in [6.07, 6.45) is 0.832. The molecular formula is C22H30N4O4. The van der Waals surface area contributed by atoms with Gasteiger partial charge in [-0.05, 0) is 24.6 Å². The number of aliphatic hydroxyl groups excluding tert-OH is 1. The van der Waals surface area contributed by atoms with Crippen LogP contribution in [0.25, 0.3) is 0 Å². The molecule has 1 fully saturated rings. The second-order valence-corrected chi connectivity index (χ2v) is 7.11. The van der Waals surface area contributed by atoms with E-state index in [4.69, 9.17) is 9.15 Å². The number of ether oxygens (including phenoxy) is 1. The smallest absolute Gasteiger partial charge is 0.289 e. The summed E-state index contributed by atoms with van der Waals surface area (Å²) in [6, 6.07) is 13.3. The monoisotopic (exact) mass is 414 g/mol. The molecule has 1 saturated heterocycles. The van der Waals surface area contributed by atoms with Gasteiger partial charge in [-0.15, -0.1) is 0 Å². The Kier molecular flexibility index (Phi) is 8.29. The summed E-state index contributed by atoms with van der Waals surface area (Å²) >= 11 is 0. The number of nitrogens with zero attached hydrogens (tertiary/aromatic N) is 3. The van der Waals surface area contributed by atoms with E-state index in [9.17, 15) is 9.90 Å². The molecule has 0 radical (unpaired) electrons. The van der Waals surface area contributed by atoms with Gasteiger partial charge in [0.15, 0.2) is 11.7 Å². The predicted octanol–water partition coefficient (Wildman–Crippen LogP) is 1.58. The van der Waals surface area contributed by atoms with Crippen molar-refractivity contribution in [2.45, 2.75) is 19.6 Å². The highest BCUT2D eigenvalue weighted by Gasteiger charge is 2.25. The predicted molar refractivity (Wildman–Crippen MR) is 114 cm³/mol. The lowest BCUT2D eigenvalue weighted by molar-refractivity contribution is 0.0329. The molecule has 0 saturated carbocycles. The average molecular weight is 415 g/mol. The van der Waals surface area contributed by atoms with Crippen LogP contribution in [0.3, 0.4) is 0 Å². The van der Waals surface area contributed by atoms with E-state index >= 15 is 0 Å². The number of nitrogens with one attached hydrogen (secondary N) is 1. The van der Waals surface area contributed by atoms with E-state index in [1.807, 2.05) is 37.3 Å². The fraction of sp³-hybridized carbons (Fsp3) is 0.455. The summed E-state index contributed by atoms with van der Waals surface area (Å²) in [5.41, 5.74) is 1.07. The van der Waals surface area contributed by atoms with Crippen molar-refractivity contribution in [1.82, 2.24) is 15.1 Å². The first kappa shape index (κ1) is 21.9. The lowest BCUT2D eigenvalue weighted by Gasteiger charge is -2.36. The Morgan fingerprint density at radius 2 is 1.90 bits per heavy atom. The molecule has 0 bridgehead atoms. The van der Waals surface area contributed by atoms with Crippen LogP contribution in [-0.4, -0.2) is 78.8 Å². The van der Waals surface area contributed by atoms with Gasteiger partial charge in [0.25, 0.3) is 5.91 Å². The van der Waals surface area contributed by atoms with E-state index in [-0.39, 0.29) is 19.1 Å². The summed E-state index contributed by atoms with van der Waals surface area (Å²) in [6.45, 7) is 6.19. The van der Waals surface area contributed by atoms with Crippen molar-refractivity contribution in [2.75, 3.05) is 45.9 Å². The van der Waals surface area contributed by atoms with Crippen molar-refractivity contribution >= 4 is 11.9 Å². The molecule has 1 aliphatic rings. The zero-order chi connectivity index (χ0) is 21.2. The molecule has 3 rings (SSSR count). The van der Waals surface area contributed by atoms with E-state index in [2.05, 4.69) is 15.2 Å². The molecule has 1 aromatic carbocycles. The molecule has 2 heterocycles. The molecule has 1 amide bonds. The van der Waals surface area contributed by atoms with Crippen LogP contribution in [0.4, 0.5) is 0 Å².